The summed E-state index contributed by atoms with van der Waals surface area (Å²) in [5.74, 6) is -1.21. The van der Waals surface area contributed by atoms with Gasteiger partial charge >= 0.3 is 12.2 Å². The van der Waals surface area contributed by atoms with E-state index in [1.165, 1.54) is 12.1 Å². The molecule has 1 aliphatic rings. The first-order chi connectivity index (χ1) is 11.0. The monoisotopic (exact) mass is 366 g/mol. The third kappa shape index (κ3) is 2.55. The zero-order valence-corrected chi connectivity index (χ0v) is 13.2. The van der Waals surface area contributed by atoms with Crippen molar-refractivity contribution in [1.29, 1.82) is 0 Å². The standard InChI is InChI=1S/C13H14ClF3N4O3/c1-24-11(13(15,16)17)5-12(9(18)22,21(6-11)10(19)23)8-3-2-7(14)4-20-8/h2-4H,5-6H2,1H3,(H2,18,22)(H2,19,23). The molecule has 24 heavy (non-hydrogen) atoms. The zero-order valence-electron chi connectivity index (χ0n) is 12.4. The largest absolute Gasteiger partial charge is 0.419 e. The van der Waals surface area contributed by atoms with Gasteiger partial charge in [-0.25, -0.2) is 4.79 Å². The Morgan fingerprint density at radius 3 is 2.38 bits per heavy atom. The minimum absolute atomic E-state index is 0.179. The summed E-state index contributed by atoms with van der Waals surface area (Å²) in [5, 5.41) is 0.191. The van der Waals surface area contributed by atoms with E-state index in [1.807, 2.05) is 0 Å². The summed E-state index contributed by atoms with van der Waals surface area (Å²) in [4.78, 5) is 28.3. The van der Waals surface area contributed by atoms with E-state index in [1.54, 1.807) is 0 Å². The number of carbonyl (C=O) groups is 2. The molecule has 7 nitrogen and oxygen atoms in total. The van der Waals surface area contributed by atoms with Crippen LogP contribution in [0, 0.1) is 0 Å². The number of urea groups is 1. The molecule has 3 amide bonds. The Labute approximate surface area is 139 Å². The van der Waals surface area contributed by atoms with Crippen LogP contribution < -0.4 is 11.5 Å². The molecule has 1 aromatic heterocycles. The molecule has 2 unspecified atom stereocenters. The maximum atomic E-state index is 13.5. The van der Waals surface area contributed by atoms with Crippen molar-refractivity contribution >= 4 is 23.5 Å². The Morgan fingerprint density at radius 2 is 2.00 bits per heavy atom. The minimum Gasteiger partial charge on any atom is -0.367 e. The summed E-state index contributed by atoms with van der Waals surface area (Å²) in [7, 11) is 0.832. The molecule has 132 valence electrons. The van der Waals surface area contributed by atoms with Crippen LogP contribution in [0.5, 0.6) is 0 Å². The van der Waals surface area contributed by atoms with E-state index in [9.17, 15) is 22.8 Å². The quantitative estimate of drug-likeness (QED) is 0.835. The van der Waals surface area contributed by atoms with Gasteiger partial charge in [-0.2, -0.15) is 13.2 Å². The Kier molecular flexibility index (Phi) is 4.40. The molecular weight excluding hydrogens is 353 g/mol. The fourth-order valence-electron chi connectivity index (χ4n) is 2.86. The van der Waals surface area contributed by atoms with Gasteiger partial charge in [0, 0.05) is 19.7 Å². The van der Waals surface area contributed by atoms with Crippen LogP contribution in [0.1, 0.15) is 12.1 Å². The van der Waals surface area contributed by atoms with Gasteiger partial charge in [-0.05, 0) is 12.1 Å². The molecule has 1 fully saturated rings. The van der Waals surface area contributed by atoms with Gasteiger partial charge in [0.25, 0.3) is 0 Å². The highest BCUT2D eigenvalue weighted by atomic mass is 35.5. The fraction of sp³-hybridized carbons (Fsp3) is 0.462. The van der Waals surface area contributed by atoms with Crippen LogP contribution in [0.4, 0.5) is 18.0 Å². The van der Waals surface area contributed by atoms with Gasteiger partial charge in [-0.1, -0.05) is 11.6 Å². The summed E-state index contributed by atoms with van der Waals surface area (Å²) in [6, 6.07) is 1.27. The maximum absolute atomic E-state index is 13.5. The Hall–Kier alpha value is -2.07. The molecular formula is C13H14ClF3N4O3. The lowest BCUT2D eigenvalue weighted by atomic mass is 9.85. The number of pyridine rings is 1. The van der Waals surface area contributed by atoms with Crippen molar-refractivity contribution in [3.63, 3.8) is 0 Å². The molecule has 11 heteroatoms. The maximum Gasteiger partial charge on any atom is 0.419 e. The number of halogens is 4. The fourth-order valence-corrected chi connectivity index (χ4v) is 2.97. The second-order valence-corrected chi connectivity index (χ2v) is 5.82. The van der Waals surface area contributed by atoms with Crippen molar-refractivity contribution in [1.82, 2.24) is 9.88 Å². The van der Waals surface area contributed by atoms with Crippen LogP contribution in [0.25, 0.3) is 0 Å². The van der Waals surface area contributed by atoms with Crippen LogP contribution in [0.15, 0.2) is 18.3 Å². The number of rotatable bonds is 3. The molecule has 0 radical (unpaired) electrons. The van der Waals surface area contributed by atoms with Crippen LogP contribution in [0.3, 0.4) is 0 Å². The summed E-state index contributed by atoms with van der Waals surface area (Å²) in [6.45, 7) is -0.990. The second-order valence-electron chi connectivity index (χ2n) is 5.38. The number of amides is 3. The third-order valence-electron chi connectivity index (χ3n) is 4.15. The number of methoxy groups -OCH3 is 1. The Bertz CT molecular complexity index is 669. The number of alkyl halides is 3. The Morgan fingerprint density at radius 1 is 1.38 bits per heavy atom. The highest BCUT2D eigenvalue weighted by Crippen LogP contribution is 2.50. The van der Waals surface area contributed by atoms with Gasteiger partial charge in [0.1, 0.15) is 0 Å². The molecule has 1 saturated heterocycles. The summed E-state index contributed by atoms with van der Waals surface area (Å²) < 4.78 is 45.3. The van der Waals surface area contributed by atoms with E-state index in [0.717, 1.165) is 13.3 Å². The van der Waals surface area contributed by atoms with Crippen LogP contribution in [-0.4, -0.2) is 47.3 Å². The number of likely N-dealkylation sites (tertiary alicyclic amines) is 1. The predicted octanol–water partition coefficient (Wildman–Crippen LogP) is 1.15. The normalized spacial score (nSPS) is 27.3. The SMILES string of the molecule is COC1(C(F)(F)F)CN(C(N)=O)C(C(N)=O)(c2ccc(Cl)cn2)C1. The summed E-state index contributed by atoms with van der Waals surface area (Å²) >= 11 is 5.71. The molecule has 1 aliphatic heterocycles. The highest BCUT2D eigenvalue weighted by molar-refractivity contribution is 6.30. The van der Waals surface area contributed by atoms with Crippen molar-refractivity contribution in [3.05, 3.63) is 29.0 Å². The summed E-state index contributed by atoms with van der Waals surface area (Å²) in [6.07, 6.45) is -4.72. The molecule has 2 rings (SSSR count). The zero-order chi connectivity index (χ0) is 18.3. The number of hydrogen-bond acceptors (Lipinski definition) is 4. The average molecular weight is 367 g/mol. The molecule has 2 atom stereocenters. The number of aromatic nitrogens is 1. The van der Waals surface area contributed by atoms with Crippen molar-refractivity contribution in [3.8, 4) is 0 Å². The van der Waals surface area contributed by atoms with Gasteiger partial charge in [0.05, 0.1) is 17.3 Å². The average Bonchev–Trinajstić information content (AvgIpc) is 2.86. The lowest BCUT2D eigenvalue weighted by Gasteiger charge is -2.33. The number of primary amides is 2. The number of nitrogens with two attached hydrogens (primary N) is 2. The van der Waals surface area contributed by atoms with E-state index in [2.05, 4.69) is 9.72 Å². The lowest BCUT2D eigenvalue weighted by molar-refractivity contribution is -0.264. The summed E-state index contributed by atoms with van der Waals surface area (Å²) in [5.41, 5.74) is 5.37. The molecule has 1 aromatic rings. The molecule has 0 saturated carbocycles. The van der Waals surface area contributed by atoms with Crippen molar-refractivity contribution in [2.24, 2.45) is 11.5 Å². The van der Waals surface area contributed by atoms with Crippen molar-refractivity contribution in [2.75, 3.05) is 13.7 Å². The molecule has 0 aromatic carbocycles. The van der Waals surface area contributed by atoms with Crippen molar-refractivity contribution < 1.29 is 27.5 Å². The van der Waals surface area contributed by atoms with E-state index in [-0.39, 0.29) is 10.7 Å². The first-order valence-electron chi connectivity index (χ1n) is 6.61. The molecule has 0 aliphatic carbocycles. The van der Waals surface area contributed by atoms with Crippen LogP contribution >= 0.6 is 11.6 Å². The first kappa shape index (κ1) is 18.3. The van der Waals surface area contributed by atoms with E-state index in [0.29, 0.717) is 4.90 Å². The second kappa shape index (κ2) is 5.78. The van der Waals surface area contributed by atoms with Gasteiger partial charge in [0.15, 0.2) is 11.1 Å². The van der Waals surface area contributed by atoms with E-state index in [4.69, 9.17) is 23.1 Å². The topological polar surface area (TPSA) is 112 Å². The molecule has 4 N–H and O–H groups in total. The number of nitrogens with zero attached hydrogens (tertiary/aromatic N) is 2. The van der Waals surface area contributed by atoms with Crippen LogP contribution in [0.2, 0.25) is 5.02 Å². The van der Waals surface area contributed by atoms with Crippen molar-refractivity contribution in [2.45, 2.75) is 23.7 Å². The van der Waals surface area contributed by atoms with Gasteiger partial charge in [-0.3, -0.25) is 9.78 Å². The predicted molar refractivity (Wildman–Crippen MR) is 76.8 cm³/mol. The van der Waals surface area contributed by atoms with Gasteiger partial charge in [-0.15, -0.1) is 0 Å². The smallest absolute Gasteiger partial charge is 0.367 e. The highest BCUT2D eigenvalue weighted by Gasteiger charge is 2.69. The molecule has 0 bridgehead atoms. The third-order valence-corrected chi connectivity index (χ3v) is 4.37. The minimum atomic E-state index is -4.88. The Balaban J connectivity index is 2.70. The van der Waals surface area contributed by atoms with Gasteiger partial charge in [0.2, 0.25) is 5.91 Å². The number of ether oxygens (including phenoxy) is 1. The van der Waals surface area contributed by atoms with Gasteiger partial charge < -0.3 is 21.1 Å². The molecule has 2 heterocycles. The molecule has 0 spiro atoms. The first-order valence-corrected chi connectivity index (χ1v) is 6.99. The van der Waals surface area contributed by atoms with Crippen LogP contribution in [-0.2, 0) is 15.1 Å². The number of carbonyl (C=O) groups excluding carboxylic acids is 2. The van der Waals surface area contributed by atoms with E-state index < -0.39 is 42.2 Å². The van der Waals surface area contributed by atoms with E-state index >= 15 is 0 Å². The lowest BCUT2D eigenvalue weighted by Crippen LogP contribution is -2.55. The number of hydrogen-bond donors (Lipinski definition) is 2.